The highest BCUT2D eigenvalue weighted by molar-refractivity contribution is 5.33. The average molecular weight is 287 g/mol. The first-order valence-corrected chi connectivity index (χ1v) is 8.76. The second kappa shape index (κ2) is 6.50. The molecule has 0 aliphatic heterocycles. The zero-order valence-electron chi connectivity index (χ0n) is 13.3. The van der Waals surface area contributed by atoms with Gasteiger partial charge in [0.05, 0.1) is 5.60 Å². The van der Waals surface area contributed by atoms with Crippen molar-refractivity contribution >= 4 is 0 Å². The van der Waals surface area contributed by atoms with Gasteiger partial charge in [-0.25, -0.2) is 0 Å². The second-order valence-electron chi connectivity index (χ2n) is 7.05. The van der Waals surface area contributed by atoms with E-state index in [1.807, 2.05) is 0 Å². The van der Waals surface area contributed by atoms with Crippen molar-refractivity contribution in [3.05, 3.63) is 35.4 Å². The molecule has 1 saturated carbocycles. The molecule has 0 amide bonds. The van der Waals surface area contributed by atoms with Crippen molar-refractivity contribution in [1.29, 1.82) is 0 Å². The molecule has 2 aliphatic rings. The van der Waals surface area contributed by atoms with E-state index in [1.165, 1.54) is 30.4 Å². The van der Waals surface area contributed by atoms with E-state index in [1.54, 1.807) is 0 Å². The SMILES string of the molecule is CCCC[C@@]1(O)CCCCC1NC1Cc2ccccc2C1. The minimum absolute atomic E-state index is 0.289. The van der Waals surface area contributed by atoms with Gasteiger partial charge < -0.3 is 10.4 Å². The maximum atomic E-state index is 11.1. The average Bonchev–Trinajstić information content (AvgIpc) is 2.90. The molecule has 2 heteroatoms. The van der Waals surface area contributed by atoms with Gasteiger partial charge in [-0.2, -0.15) is 0 Å². The fourth-order valence-electron chi connectivity index (χ4n) is 4.20. The fourth-order valence-corrected chi connectivity index (χ4v) is 4.20. The van der Waals surface area contributed by atoms with Crippen LogP contribution in [-0.2, 0) is 12.8 Å². The minimum atomic E-state index is -0.469. The highest BCUT2D eigenvalue weighted by Gasteiger charge is 2.39. The number of aliphatic hydroxyl groups is 1. The van der Waals surface area contributed by atoms with E-state index in [-0.39, 0.29) is 6.04 Å². The number of benzene rings is 1. The summed E-state index contributed by atoms with van der Waals surface area (Å²) in [5.74, 6) is 0. The second-order valence-corrected chi connectivity index (χ2v) is 7.05. The van der Waals surface area contributed by atoms with Gasteiger partial charge in [-0.05, 0) is 43.2 Å². The lowest BCUT2D eigenvalue weighted by Crippen LogP contribution is -2.55. The number of rotatable bonds is 5. The maximum absolute atomic E-state index is 11.1. The van der Waals surface area contributed by atoms with Gasteiger partial charge in [0.25, 0.3) is 0 Å². The molecule has 0 heterocycles. The van der Waals surface area contributed by atoms with Gasteiger partial charge in [-0.1, -0.05) is 56.9 Å². The van der Waals surface area contributed by atoms with Gasteiger partial charge >= 0.3 is 0 Å². The summed E-state index contributed by atoms with van der Waals surface area (Å²) < 4.78 is 0. The van der Waals surface area contributed by atoms with Crippen molar-refractivity contribution in [3.8, 4) is 0 Å². The van der Waals surface area contributed by atoms with E-state index < -0.39 is 5.60 Å². The Kier molecular flexibility index (Phi) is 4.66. The molecule has 2 atom stereocenters. The van der Waals surface area contributed by atoms with Crippen molar-refractivity contribution < 1.29 is 5.11 Å². The van der Waals surface area contributed by atoms with Crippen LogP contribution in [0.15, 0.2) is 24.3 Å². The molecule has 0 saturated heterocycles. The Balaban J connectivity index is 1.63. The Labute approximate surface area is 129 Å². The highest BCUT2D eigenvalue weighted by Crippen LogP contribution is 2.34. The van der Waals surface area contributed by atoms with Crippen LogP contribution in [0.25, 0.3) is 0 Å². The molecule has 1 aromatic carbocycles. The molecule has 1 fully saturated rings. The molecule has 0 aromatic heterocycles. The Morgan fingerprint density at radius 3 is 2.57 bits per heavy atom. The number of hydrogen-bond donors (Lipinski definition) is 2. The van der Waals surface area contributed by atoms with Crippen LogP contribution in [-0.4, -0.2) is 22.8 Å². The predicted octanol–water partition coefficient (Wildman–Crippen LogP) is 3.61. The summed E-state index contributed by atoms with van der Waals surface area (Å²) in [6, 6.07) is 9.58. The third kappa shape index (κ3) is 3.32. The normalized spacial score (nSPS) is 29.5. The fraction of sp³-hybridized carbons (Fsp3) is 0.684. The van der Waals surface area contributed by atoms with E-state index >= 15 is 0 Å². The van der Waals surface area contributed by atoms with Crippen LogP contribution >= 0.6 is 0 Å². The van der Waals surface area contributed by atoms with E-state index in [0.29, 0.717) is 6.04 Å². The van der Waals surface area contributed by atoms with Crippen molar-refractivity contribution in [2.24, 2.45) is 0 Å². The molecule has 1 unspecified atom stereocenters. The van der Waals surface area contributed by atoms with Crippen molar-refractivity contribution in [3.63, 3.8) is 0 Å². The summed E-state index contributed by atoms with van der Waals surface area (Å²) in [6.45, 7) is 2.21. The summed E-state index contributed by atoms with van der Waals surface area (Å²) in [5.41, 5.74) is 2.51. The van der Waals surface area contributed by atoms with Crippen LogP contribution in [0.2, 0.25) is 0 Å². The molecule has 0 spiro atoms. The lowest BCUT2D eigenvalue weighted by Gasteiger charge is -2.42. The molecular weight excluding hydrogens is 258 g/mol. The molecule has 0 bridgehead atoms. The molecule has 116 valence electrons. The molecule has 1 aromatic rings. The Morgan fingerprint density at radius 1 is 1.19 bits per heavy atom. The molecule has 2 N–H and O–H groups in total. The molecule has 0 radical (unpaired) electrons. The first-order chi connectivity index (χ1) is 10.2. The van der Waals surface area contributed by atoms with Crippen molar-refractivity contribution in [2.45, 2.75) is 82.4 Å². The van der Waals surface area contributed by atoms with Crippen LogP contribution in [0.4, 0.5) is 0 Å². The van der Waals surface area contributed by atoms with Crippen LogP contribution in [0.1, 0.15) is 63.0 Å². The molecule has 3 rings (SSSR count). The first kappa shape index (κ1) is 15.1. The van der Waals surface area contributed by atoms with Crippen LogP contribution in [0, 0.1) is 0 Å². The summed E-state index contributed by atoms with van der Waals surface area (Å²) in [6.07, 6.45) is 10.1. The van der Waals surface area contributed by atoms with Gasteiger partial charge in [0.2, 0.25) is 0 Å². The smallest absolute Gasteiger partial charge is 0.0800 e. The van der Waals surface area contributed by atoms with Gasteiger partial charge in [0.1, 0.15) is 0 Å². The molecular formula is C19H29NO. The monoisotopic (exact) mass is 287 g/mol. The largest absolute Gasteiger partial charge is 0.388 e. The topological polar surface area (TPSA) is 32.3 Å². The van der Waals surface area contributed by atoms with E-state index in [4.69, 9.17) is 0 Å². The highest BCUT2D eigenvalue weighted by atomic mass is 16.3. The van der Waals surface area contributed by atoms with Gasteiger partial charge in [-0.15, -0.1) is 0 Å². The van der Waals surface area contributed by atoms with E-state index in [0.717, 1.165) is 38.5 Å². The molecule has 21 heavy (non-hydrogen) atoms. The van der Waals surface area contributed by atoms with Crippen LogP contribution in [0.3, 0.4) is 0 Å². The summed E-state index contributed by atoms with van der Waals surface area (Å²) in [5, 5.41) is 14.9. The van der Waals surface area contributed by atoms with Gasteiger partial charge in [0.15, 0.2) is 0 Å². The van der Waals surface area contributed by atoms with E-state index in [2.05, 4.69) is 36.5 Å². The van der Waals surface area contributed by atoms with Gasteiger partial charge in [-0.3, -0.25) is 0 Å². The molecule has 2 aliphatic carbocycles. The Hall–Kier alpha value is -0.860. The van der Waals surface area contributed by atoms with E-state index in [9.17, 15) is 5.11 Å². The molecule has 2 nitrogen and oxygen atoms in total. The van der Waals surface area contributed by atoms with Gasteiger partial charge in [0, 0.05) is 12.1 Å². The Morgan fingerprint density at radius 2 is 1.90 bits per heavy atom. The predicted molar refractivity (Wildman–Crippen MR) is 87.5 cm³/mol. The summed E-state index contributed by atoms with van der Waals surface area (Å²) in [7, 11) is 0. The lowest BCUT2D eigenvalue weighted by molar-refractivity contribution is -0.0385. The van der Waals surface area contributed by atoms with Crippen molar-refractivity contribution in [2.75, 3.05) is 0 Å². The number of unbranched alkanes of at least 4 members (excludes halogenated alkanes) is 1. The summed E-state index contributed by atoms with van der Waals surface area (Å²) >= 11 is 0. The zero-order chi connectivity index (χ0) is 14.7. The summed E-state index contributed by atoms with van der Waals surface area (Å²) in [4.78, 5) is 0. The first-order valence-electron chi connectivity index (χ1n) is 8.76. The number of hydrogen-bond acceptors (Lipinski definition) is 2. The number of fused-ring (bicyclic) bond motifs is 1. The van der Waals surface area contributed by atoms with Crippen LogP contribution in [0.5, 0.6) is 0 Å². The zero-order valence-corrected chi connectivity index (χ0v) is 13.3. The van der Waals surface area contributed by atoms with Crippen LogP contribution < -0.4 is 5.32 Å². The maximum Gasteiger partial charge on any atom is 0.0800 e. The number of nitrogens with one attached hydrogen (secondary N) is 1. The third-order valence-corrected chi connectivity index (χ3v) is 5.45. The van der Waals surface area contributed by atoms with Crippen molar-refractivity contribution in [1.82, 2.24) is 5.32 Å². The Bertz CT molecular complexity index is 447. The lowest BCUT2D eigenvalue weighted by atomic mass is 9.77. The quantitative estimate of drug-likeness (QED) is 0.867. The third-order valence-electron chi connectivity index (χ3n) is 5.45. The standard InChI is InChI=1S/C19H29NO/c1-2-3-11-19(21)12-7-6-10-18(19)20-17-13-15-8-4-5-9-16(15)14-17/h4-5,8-9,17-18,20-21H,2-3,6-7,10-14H2,1H3/t18?,19-/m1/s1. The minimum Gasteiger partial charge on any atom is -0.388 e.